The molecular weight excluding hydrogens is 218 g/mol. The molecule has 0 aliphatic carbocycles. The zero-order chi connectivity index (χ0) is 11.0. The number of anilines is 1. The molecule has 1 heterocycles. The Hall–Kier alpha value is -1.94. The van der Waals surface area contributed by atoms with Crippen LogP contribution in [0.25, 0.3) is 22.2 Å². The number of nitrogens with two attached hydrogens (primary N) is 1. The highest BCUT2D eigenvalue weighted by Gasteiger charge is 2.06. The van der Waals surface area contributed by atoms with Crippen LogP contribution in [0.5, 0.6) is 0 Å². The summed E-state index contributed by atoms with van der Waals surface area (Å²) >= 11 is 1.24. The lowest BCUT2D eigenvalue weighted by molar-refractivity contribution is 1.60. The van der Waals surface area contributed by atoms with Crippen molar-refractivity contribution in [3.05, 3.63) is 42.5 Å². The quantitative estimate of drug-likeness (QED) is 0.650. The number of aromatic nitrogens is 2. The topological polar surface area (TPSA) is 51.8 Å². The van der Waals surface area contributed by atoms with E-state index in [4.69, 9.17) is 5.73 Å². The normalized spacial score (nSPS) is 10.8. The molecule has 2 N–H and O–H groups in total. The first-order valence-electron chi connectivity index (χ1n) is 4.92. The van der Waals surface area contributed by atoms with Gasteiger partial charge in [-0.2, -0.15) is 8.75 Å². The summed E-state index contributed by atoms with van der Waals surface area (Å²) in [6.45, 7) is 0. The Labute approximate surface area is 96.9 Å². The lowest BCUT2D eigenvalue weighted by Crippen LogP contribution is -1.84. The first-order valence-corrected chi connectivity index (χ1v) is 5.65. The molecule has 4 heteroatoms. The van der Waals surface area contributed by atoms with E-state index < -0.39 is 0 Å². The van der Waals surface area contributed by atoms with Gasteiger partial charge in [0.2, 0.25) is 0 Å². The van der Waals surface area contributed by atoms with Crippen molar-refractivity contribution in [1.82, 2.24) is 8.75 Å². The number of rotatable bonds is 1. The first-order chi connectivity index (χ1) is 7.84. The van der Waals surface area contributed by atoms with Gasteiger partial charge in [0.15, 0.2) is 0 Å². The predicted octanol–water partition coefficient (Wildman–Crippen LogP) is 2.94. The van der Waals surface area contributed by atoms with Gasteiger partial charge in [0, 0.05) is 11.3 Å². The molecule has 0 radical (unpaired) electrons. The third-order valence-corrected chi connectivity index (χ3v) is 3.05. The van der Waals surface area contributed by atoms with E-state index in [1.807, 2.05) is 36.4 Å². The lowest BCUT2D eigenvalue weighted by Gasteiger charge is -2.02. The molecule has 1 aromatic heterocycles. The Kier molecular flexibility index (Phi) is 2.08. The first kappa shape index (κ1) is 9.30. The van der Waals surface area contributed by atoms with Gasteiger partial charge in [-0.25, -0.2) is 0 Å². The second-order valence-electron chi connectivity index (χ2n) is 3.56. The van der Waals surface area contributed by atoms with Crippen LogP contribution in [0, 0.1) is 0 Å². The highest BCUT2D eigenvalue weighted by atomic mass is 32.1. The fourth-order valence-corrected chi connectivity index (χ4v) is 2.25. The fourth-order valence-electron chi connectivity index (χ4n) is 1.70. The largest absolute Gasteiger partial charge is 0.399 e. The molecule has 0 atom stereocenters. The number of nitrogens with zero attached hydrogens (tertiary/aromatic N) is 2. The van der Waals surface area contributed by atoms with Crippen LogP contribution in [0.4, 0.5) is 5.69 Å². The van der Waals surface area contributed by atoms with E-state index in [0.29, 0.717) is 0 Å². The van der Waals surface area contributed by atoms with E-state index in [0.717, 1.165) is 27.8 Å². The Morgan fingerprint density at radius 1 is 0.938 bits per heavy atom. The van der Waals surface area contributed by atoms with Gasteiger partial charge in [0.1, 0.15) is 11.0 Å². The summed E-state index contributed by atoms with van der Waals surface area (Å²) in [4.78, 5) is 0. The van der Waals surface area contributed by atoms with E-state index in [9.17, 15) is 0 Å². The molecule has 0 aliphatic heterocycles. The van der Waals surface area contributed by atoms with Crippen molar-refractivity contribution < 1.29 is 0 Å². The van der Waals surface area contributed by atoms with E-state index in [1.165, 1.54) is 11.7 Å². The molecule has 3 aromatic rings. The minimum atomic E-state index is 0.771. The van der Waals surface area contributed by atoms with E-state index in [2.05, 4.69) is 14.8 Å². The molecule has 0 amide bonds. The molecule has 0 spiro atoms. The van der Waals surface area contributed by atoms with Gasteiger partial charge in [-0.1, -0.05) is 24.3 Å². The van der Waals surface area contributed by atoms with Crippen LogP contribution in [-0.4, -0.2) is 8.75 Å². The smallest absolute Gasteiger partial charge is 0.112 e. The second kappa shape index (κ2) is 3.57. The average molecular weight is 227 g/mol. The van der Waals surface area contributed by atoms with Crippen LogP contribution < -0.4 is 5.73 Å². The highest BCUT2D eigenvalue weighted by molar-refractivity contribution is 7.00. The molecule has 0 aliphatic rings. The molecule has 0 bridgehead atoms. The van der Waals surface area contributed by atoms with Crippen molar-refractivity contribution in [2.24, 2.45) is 0 Å². The summed E-state index contributed by atoms with van der Waals surface area (Å²) < 4.78 is 8.55. The number of benzene rings is 2. The minimum absolute atomic E-state index is 0.771. The summed E-state index contributed by atoms with van der Waals surface area (Å²) in [5.74, 6) is 0. The molecule has 0 unspecified atom stereocenters. The fraction of sp³-hybridized carbons (Fsp3) is 0. The molecule has 0 saturated heterocycles. The van der Waals surface area contributed by atoms with Gasteiger partial charge in [0.05, 0.1) is 11.7 Å². The maximum absolute atomic E-state index is 5.67. The van der Waals surface area contributed by atoms with Gasteiger partial charge in [-0.05, 0) is 23.8 Å². The molecule has 0 saturated carbocycles. The standard InChI is InChI=1S/C12H9N3S/c13-9-6-4-8(5-7-9)10-2-1-3-11-12(10)15-16-14-11/h1-7H,13H2. The summed E-state index contributed by atoms with van der Waals surface area (Å²) in [5.41, 5.74) is 10.6. The van der Waals surface area contributed by atoms with E-state index in [1.54, 1.807) is 0 Å². The van der Waals surface area contributed by atoms with Crippen molar-refractivity contribution in [2.75, 3.05) is 5.73 Å². The molecule has 2 aromatic carbocycles. The Balaban J connectivity index is 2.25. The maximum atomic E-state index is 5.67. The van der Waals surface area contributed by atoms with Gasteiger partial charge < -0.3 is 5.73 Å². The van der Waals surface area contributed by atoms with Crippen molar-refractivity contribution in [3.8, 4) is 11.1 Å². The Bertz CT molecular complexity index is 628. The average Bonchev–Trinajstić information content (AvgIpc) is 2.78. The lowest BCUT2D eigenvalue weighted by atomic mass is 10.0. The van der Waals surface area contributed by atoms with Crippen molar-refractivity contribution in [3.63, 3.8) is 0 Å². The second-order valence-corrected chi connectivity index (χ2v) is 4.09. The number of hydrogen-bond donors (Lipinski definition) is 1. The van der Waals surface area contributed by atoms with Crippen LogP contribution in [-0.2, 0) is 0 Å². The molecule has 3 rings (SSSR count). The van der Waals surface area contributed by atoms with Gasteiger partial charge in [-0.3, -0.25) is 0 Å². The van der Waals surface area contributed by atoms with Crippen molar-refractivity contribution >= 4 is 28.4 Å². The van der Waals surface area contributed by atoms with Gasteiger partial charge in [-0.15, -0.1) is 0 Å². The van der Waals surface area contributed by atoms with Gasteiger partial charge in [0.25, 0.3) is 0 Å². The summed E-state index contributed by atoms with van der Waals surface area (Å²) in [7, 11) is 0. The van der Waals surface area contributed by atoms with E-state index in [-0.39, 0.29) is 0 Å². The minimum Gasteiger partial charge on any atom is -0.399 e. The SMILES string of the molecule is Nc1ccc(-c2cccc3nsnc23)cc1. The third kappa shape index (κ3) is 1.44. The molecular formula is C12H9N3S. The Morgan fingerprint density at radius 2 is 1.75 bits per heavy atom. The molecule has 3 nitrogen and oxygen atoms in total. The number of hydrogen-bond acceptors (Lipinski definition) is 4. The zero-order valence-corrected chi connectivity index (χ0v) is 9.24. The number of fused-ring (bicyclic) bond motifs is 1. The van der Waals surface area contributed by atoms with Gasteiger partial charge >= 0.3 is 0 Å². The van der Waals surface area contributed by atoms with Crippen LogP contribution in [0.15, 0.2) is 42.5 Å². The number of nitrogen functional groups attached to an aromatic ring is 1. The molecule has 78 valence electrons. The monoisotopic (exact) mass is 227 g/mol. The third-order valence-electron chi connectivity index (χ3n) is 2.51. The van der Waals surface area contributed by atoms with E-state index >= 15 is 0 Å². The summed E-state index contributed by atoms with van der Waals surface area (Å²) in [5, 5.41) is 0. The molecule has 16 heavy (non-hydrogen) atoms. The van der Waals surface area contributed by atoms with Crippen molar-refractivity contribution in [1.29, 1.82) is 0 Å². The highest BCUT2D eigenvalue weighted by Crippen LogP contribution is 2.27. The summed E-state index contributed by atoms with van der Waals surface area (Å²) in [6, 6.07) is 13.8. The van der Waals surface area contributed by atoms with Crippen LogP contribution in [0.3, 0.4) is 0 Å². The summed E-state index contributed by atoms with van der Waals surface area (Å²) in [6.07, 6.45) is 0. The van der Waals surface area contributed by atoms with Crippen molar-refractivity contribution in [2.45, 2.75) is 0 Å². The maximum Gasteiger partial charge on any atom is 0.112 e. The molecule has 0 fully saturated rings. The van der Waals surface area contributed by atoms with Crippen LogP contribution in [0.1, 0.15) is 0 Å². The van der Waals surface area contributed by atoms with Crippen LogP contribution >= 0.6 is 11.7 Å². The Morgan fingerprint density at radius 3 is 2.56 bits per heavy atom. The predicted molar refractivity (Wildman–Crippen MR) is 67.3 cm³/mol. The van der Waals surface area contributed by atoms with Crippen LogP contribution in [0.2, 0.25) is 0 Å². The zero-order valence-electron chi connectivity index (χ0n) is 8.42.